The van der Waals surface area contributed by atoms with Gasteiger partial charge in [-0.3, -0.25) is 9.59 Å². The van der Waals surface area contributed by atoms with Gasteiger partial charge in [0.15, 0.2) is 11.3 Å². The van der Waals surface area contributed by atoms with Gasteiger partial charge in [-0.1, -0.05) is 5.16 Å². The average Bonchev–Trinajstić information content (AvgIpc) is 3.04. The molecule has 0 atom stereocenters. The highest BCUT2D eigenvalue weighted by Gasteiger charge is 2.20. The van der Waals surface area contributed by atoms with Gasteiger partial charge in [0.2, 0.25) is 0 Å². The van der Waals surface area contributed by atoms with Crippen molar-refractivity contribution in [2.24, 2.45) is 0 Å². The lowest BCUT2D eigenvalue weighted by molar-refractivity contribution is -0.131. The van der Waals surface area contributed by atoms with E-state index in [-0.39, 0.29) is 33.8 Å². The fraction of sp³-hybridized carbons (Fsp3) is 0.0556. The Labute approximate surface area is 151 Å². The Morgan fingerprint density at radius 1 is 1.22 bits per heavy atom. The molecular weight excluding hydrogens is 354 g/mol. The second-order valence-corrected chi connectivity index (χ2v) is 5.41. The van der Waals surface area contributed by atoms with Crippen molar-refractivity contribution >= 4 is 34.5 Å². The Morgan fingerprint density at radius 2 is 2.00 bits per heavy atom. The molecule has 0 saturated heterocycles. The van der Waals surface area contributed by atoms with Crippen LogP contribution in [0.1, 0.15) is 33.3 Å². The molecule has 1 amide bonds. The molecular formula is C18H11N3O6. The summed E-state index contributed by atoms with van der Waals surface area (Å²) in [4.78, 5) is 34.9. The fourth-order valence-corrected chi connectivity index (χ4v) is 2.39. The van der Waals surface area contributed by atoms with Crippen molar-refractivity contribution in [3.05, 3.63) is 53.2 Å². The van der Waals surface area contributed by atoms with Gasteiger partial charge in [0.1, 0.15) is 5.75 Å². The summed E-state index contributed by atoms with van der Waals surface area (Å²) < 4.78 is 10.0. The number of nitrogens with zero attached hydrogens (tertiary/aromatic N) is 2. The van der Waals surface area contributed by atoms with Crippen LogP contribution in [0.3, 0.4) is 0 Å². The third-order valence-corrected chi connectivity index (χ3v) is 3.55. The number of anilines is 1. The molecule has 3 rings (SSSR count). The molecule has 27 heavy (non-hydrogen) atoms. The highest BCUT2D eigenvalue weighted by molar-refractivity contribution is 6.12. The number of benzene rings is 2. The minimum atomic E-state index is -1.29. The van der Waals surface area contributed by atoms with Crippen LogP contribution in [0.25, 0.3) is 11.0 Å². The molecule has 0 fully saturated rings. The van der Waals surface area contributed by atoms with E-state index in [4.69, 9.17) is 14.5 Å². The number of carboxylic acid groups (broad SMARTS) is 1. The summed E-state index contributed by atoms with van der Waals surface area (Å²) >= 11 is 0. The number of ether oxygens (including phenoxy) is 1. The van der Waals surface area contributed by atoms with Gasteiger partial charge < -0.3 is 19.7 Å². The number of carbonyl (C=O) groups is 3. The zero-order chi connectivity index (χ0) is 19.6. The first-order valence-corrected chi connectivity index (χ1v) is 7.55. The van der Waals surface area contributed by atoms with Crippen LogP contribution in [0.15, 0.2) is 40.9 Å². The van der Waals surface area contributed by atoms with E-state index in [0.29, 0.717) is 5.39 Å². The Balaban J connectivity index is 1.92. The normalized spacial score (nSPS) is 10.2. The quantitative estimate of drug-likeness (QED) is 0.530. The number of hydrogen-bond donors (Lipinski definition) is 2. The zero-order valence-corrected chi connectivity index (χ0v) is 13.8. The third-order valence-electron chi connectivity index (χ3n) is 3.55. The molecule has 0 aliphatic heterocycles. The molecule has 1 aromatic heterocycles. The van der Waals surface area contributed by atoms with Crippen LogP contribution in [-0.4, -0.2) is 28.1 Å². The van der Waals surface area contributed by atoms with E-state index in [2.05, 4.69) is 10.5 Å². The van der Waals surface area contributed by atoms with E-state index < -0.39 is 17.8 Å². The first kappa shape index (κ1) is 17.6. The van der Waals surface area contributed by atoms with Gasteiger partial charge in [-0.15, -0.1) is 0 Å². The van der Waals surface area contributed by atoms with Gasteiger partial charge in [-0.05, 0) is 30.3 Å². The Morgan fingerprint density at radius 3 is 2.67 bits per heavy atom. The van der Waals surface area contributed by atoms with Gasteiger partial charge in [0.05, 0.1) is 28.3 Å². The molecule has 0 radical (unpaired) electrons. The van der Waals surface area contributed by atoms with Gasteiger partial charge in [0, 0.05) is 13.0 Å². The molecule has 134 valence electrons. The van der Waals surface area contributed by atoms with Crippen molar-refractivity contribution in [3.63, 3.8) is 0 Å². The van der Waals surface area contributed by atoms with E-state index in [0.717, 1.165) is 6.07 Å². The number of aromatic carboxylic acids is 1. The molecule has 2 N–H and O–H groups in total. The third kappa shape index (κ3) is 3.59. The predicted octanol–water partition coefficient (Wildman–Crippen LogP) is 2.58. The van der Waals surface area contributed by atoms with Crippen molar-refractivity contribution in [1.82, 2.24) is 5.16 Å². The molecule has 9 nitrogen and oxygen atoms in total. The maximum absolute atomic E-state index is 12.5. The number of nitrogens with one attached hydrogen (secondary N) is 1. The average molecular weight is 365 g/mol. The van der Waals surface area contributed by atoms with Gasteiger partial charge in [-0.2, -0.15) is 5.26 Å². The molecule has 3 aromatic rings. The summed E-state index contributed by atoms with van der Waals surface area (Å²) in [5.41, 5.74) is 0.0825. The lowest BCUT2D eigenvalue weighted by Crippen LogP contribution is -2.15. The van der Waals surface area contributed by atoms with E-state index in [1.807, 2.05) is 6.07 Å². The van der Waals surface area contributed by atoms with Crippen LogP contribution >= 0.6 is 0 Å². The molecule has 0 aliphatic carbocycles. The molecule has 0 saturated carbocycles. The maximum atomic E-state index is 12.5. The number of carbonyl (C=O) groups excluding carboxylic acids is 2. The highest BCUT2D eigenvalue weighted by atomic mass is 16.5. The van der Waals surface area contributed by atoms with E-state index >= 15 is 0 Å². The van der Waals surface area contributed by atoms with Crippen molar-refractivity contribution in [2.45, 2.75) is 6.92 Å². The first-order chi connectivity index (χ1) is 12.9. The second-order valence-electron chi connectivity index (χ2n) is 5.41. The van der Waals surface area contributed by atoms with Crippen LogP contribution in [0.5, 0.6) is 5.75 Å². The minimum Gasteiger partial charge on any atom is -0.478 e. The van der Waals surface area contributed by atoms with Crippen LogP contribution in [0.2, 0.25) is 0 Å². The topological polar surface area (TPSA) is 143 Å². The fourth-order valence-electron chi connectivity index (χ4n) is 2.39. The summed E-state index contributed by atoms with van der Waals surface area (Å²) in [6.45, 7) is 1.25. The van der Waals surface area contributed by atoms with Crippen LogP contribution in [0, 0.1) is 11.3 Å². The molecule has 0 unspecified atom stereocenters. The minimum absolute atomic E-state index is 0.0131. The maximum Gasteiger partial charge on any atom is 0.337 e. The first-order valence-electron chi connectivity index (χ1n) is 7.55. The SMILES string of the molecule is CC(=O)Oc1ccc2c(C(=O)Nc3ccc(C#N)cc3C(=O)O)noc2c1. The van der Waals surface area contributed by atoms with Crippen LogP contribution in [-0.2, 0) is 4.79 Å². The summed E-state index contributed by atoms with van der Waals surface area (Å²) in [5, 5.41) is 24.6. The smallest absolute Gasteiger partial charge is 0.337 e. The number of carboxylic acids is 1. The lowest BCUT2D eigenvalue weighted by Gasteiger charge is -2.07. The van der Waals surface area contributed by atoms with Crippen LogP contribution < -0.4 is 10.1 Å². The summed E-state index contributed by atoms with van der Waals surface area (Å²) in [6.07, 6.45) is 0. The Kier molecular flexibility index (Phi) is 4.55. The molecule has 1 heterocycles. The second kappa shape index (κ2) is 6.97. The summed E-state index contributed by atoms with van der Waals surface area (Å²) in [5.74, 6) is -2.26. The van der Waals surface area contributed by atoms with Crippen molar-refractivity contribution in [1.29, 1.82) is 5.26 Å². The largest absolute Gasteiger partial charge is 0.478 e. The number of aromatic nitrogens is 1. The monoisotopic (exact) mass is 365 g/mol. The van der Waals surface area contributed by atoms with Gasteiger partial charge in [0.25, 0.3) is 5.91 Å². The number of esters is 1. The van der Waals surface area contributed by atoms with Crippen molar-refractivity contribution < 1.29 is 28.8 Å². The number of hydrogen-bond acceptors (Lipinski definition) is 7. The predicted molar refractivity (Wildman–Crippen MR) is 91.4 cm³/mol. The van der Waals surface area contributed by atoms with Crippen molar-refractivity contribution in [3.8, 4) is 11.8 Å². The molecule has 9 heteroatoms. The number of amides is 1. The summed E-state index contributed by atoms with van der Waals surface area (Å²) in [7, 11) is 0. The molecule has 0 spiro atoms. The van der Waals surface area contributed by atoms with Crippen LogP contribution in [0.4, 0.5) is 5.69 Å². The number of nitriles is 1. The molecule has 0 aliphatic rings. The highest BCUT2D eigenvalue weighted by Crippen LogP contribution is 2.25. The molecule has 2 aromatic carbocycles. The summed E-state index contributed by atoms with van der Waals surface area (Å²) in [6, 6.07) is 10.1. The zero-order valence-electron chi connectivity index (χ0n) is 13.8. The number of rotatable bonds is 4. The van der Waals surface area contributed by atoms with Crippen molar-refractivity contribution in [2.75, 3.05) is 5.32 Å². The van der Waals surface area contributed by atoms with E-state index in [1.54, 1.807) is 0 Å². The van der Waals surface area contributed by atoms with Gasteiger partial charge >= 0.3 is 11.9 Å². The standard InChI is InChI=1S/C18H11N3O6/c1-9(22)26-11-3-4-12-15(7-11)27-21-16(12)17(23)20-14-5-2-10(8-19)6-13(14)18(24)25/h2-7H,1H3,(H,20,23)(H,24,25). The lowest BCUT2D eigenvalue weighted by atomic mass is 10.1. The van der Waals surface area contributed by atoms with E-state index in [9.17, 15) is 19.5 Å². The molecule has 0 bridgehead atoms. The van der Waals surface area contributed by atoms with E-state index in [1.165, 1.54) is 37.3 Å². The Bertz CT molecular complexity index is 1130. The van der Waals surface area contributed by atoms with Gasteiger partial charge in [-0.25, -0.2) is 4.79 Å². The number of fused-ring (bicyclic) bond motifs is 1. The Hall–Kier alpha value is -4.19.